The first-order chi connectivity index (χ1) is 9.08. The minimum Gasteiger partial charge on any atom is -0.312 e. The summed E-state index contributed by atoms with van der Waals surface area (Å²) in [6.07, 6.45) is 1.69. The normalized spacial score (nSPS) is 12.9. The maximum Gasteiger partial charge on any atom is 0.0850 e. The Morgan fingerprint density at radius 3 is 2.79 bits per heavy atom. The third kappa shape index (κ3) is 3.05. The van der Waals surface area contributed by atoms with Gasteiger partial charge in [0.2, 0.25) is 0 Å². The largest absolute Gasteiger partial charge is 0.312 e. The van der Waals surface area contributed by atoms with E-state index in [0.29, 0.717) is 0 Å². The molecular weight excluding hydrogens is 346 g/mol. The van der Waals surface area contributed by atoms with Crippen molar-refractivity contribution in [3.63, 3.8) is 0 Å². The summed E-state index contributed by atoms with van der Waals surface area (Å²) >= 11 is 11.7. The molecule has 19 heavy (non-hydrogen) atoms. The molecule has 0 saturated heterocycles. The van der Waals surface area contributed by atoms with Gasteiger partial charge >= 0.3 is 0 Å². The fourth-order valence-electron chi connectivity index (χ4n) is 2.11. The molecule has 0 aliphatic heterocycles. The van der Waals surface area contributed by atoms with E-state index in [9.17, 15) is 0 Å². The van der Waals surface area contributed by atoms with E-state index in [-0.39, 0.29) is 6.04 Å². The van der Waals surface area contributed by atoms with Crippen LogP contribution in [0.5, 0.6) is 0 Å². The monoisotopic (exact) mass is 361 g/mol. The molecule has 1 unspecified atom stereocenters. The van der Waals surface area contributed by atoms with Crippen molar-refractivity contribution in [2.24, 2.45) is 7.05 Å². The molecule has 0 radical (unpaired) electrons. The van der Waals surface area contributed by atoms with Gasteiger partial charge in [-0.1, -0.05) is 18.5 Å². The molecule has 0 aliphatic rings. The van der Waals surface area contributed by atoms with E-state index in [0.717, 1.165) is 33.7 Å². The fraction of sp³-hybridized carbons (Fsp3) is 0.462. The number of rotatable bonds is 5. The SMILES string of the molecule is CCc1nn(C)c(CC(NC)c2sccc2Br)c1Cl. The topological polar surface area (TPSA) is 29.9 Å². The number of nitrogens with zero attached hydrogens (tertiary/aromatic N) is 2. The van der Waals surface area contributed by atoms with Crippen LogP contribution < -0.4 is 5.32 Å². The number of halogens is 2. The van der Waals surface area contributed by atoms with Crippen LogP contribution in [-0.2, 0) is 19.9 Å². The van der Waals surface area contributed by atoms with Gasteiger partial charge < -0.3 is 5.32 Å². The summed E-state index contributed by atoms with van der Waals surface area (Å²) in [5.74, 6) is 0. The van der Waals surface area contributed by atoms with Crippen LogP contribution >= 0.6 is 38.9 Å². The zero-order valence-electron chi connectivity index (χ0n) is 11.2. The average molecular weight is 363 g/mol. The second-order valence-electron chi connectivity index (χ2n) is 4.36. The van der Waals surface area contributed by atoms with Crippen molar-refractivity contribution in [2.45, 2.75) is 25.8 Å². The van der Waals surface area contributed by atoms with Crippen molar-refractivity contribution in [3.8, 4) is 0 Å². The number of thiophene rings is 1. The van der Waals surface area contributed by atoms with E-state index in [2.05, 4.69) is 44.7 Å². The Labute approximate surface area is 131 Å². The van der Waals surface area contributed by atoms with Crippen molar-refractivity contribution < 1.29 is 0 Å². The van der Waals surface area contributed by atoms with Crippen LogP contribution in [0.1, 0.15) is 29.2 Å². The van der Waals surface area contributed by atoms with Gasteiger partial charge in [0.25, 0.3) is 0 Å². The third-order valence-electron chi connectivity index (χ3n) is 3.21. The Morgan fingerprint density at radius 2 is 2.32 bits per heavy atom. The van der Waals surface area contributed by atoms with Crippen LogP contribution in [0.3, 0.4) is 0 Å². The van der Waals surface area contributed by atoms with Gasteiger partial charge in [-0.05, 0) is 40.8 Å². The molecule has 2 heterocycles. The number of likely N-dealkylation sites (N-methyl/N-ethyl adjacent to an activating group) is 1. The van der Waals surface area contributed by atoms with Crippen LogP contribution in [0.15, 0.2) is 15.9 Å². The van der Waals surface area contributed by atoms with Gasteiger partial charge in [0, 0.05) is 28.9 Å². The molecule has 0 aromatic carbocycles. The van der Waals surface area contributed by atoms with Crippen molar-refractivity contribution in [1.29, 1.82) is 0 Å². The highest BCUT2D eigenvalue weighted by molar-refractivity contribution is 9.10. The molecule has 0 amide bonds. The Bertz CT molecular complexity index is 564. The molecule has 1 N–H and O–H groups in total. The Balaban J connectivity index is 2.29. The maximum atomic E-state index is 6.41. The summed E-state index contributed by atoms with van der Waals surface area (Å²) in [5.41, 5.74) is 2.05. The number of nitrogens with one attached hydrogen (secondary N) is 1. The van der Waals surface area contributed by atoms with Gasteiger partial charge in [0.15, 0.2) is 0 Å². The molecule has 1 atom stereocenters. The predicted octanol–water partition coefficient (Wildman–Crippen LogP) is 3.96. The maximum absolute atomic E-state index is 6.41. The van der Waals surface area contributed by atoms with Crippen molar-refractivity contribution >= 4 is 38.9 Å². The summed E-state index contributed by atoms with van der Waals surface area (Å²) in [4.78, 5) is 1.29. The molecule has 2 rings (SSSR count). The van der Waals surface area contributed by atoms with Gasteiger partial charge in [0.1, 0.15) is 0 Å². The molecule has 0 aliphatic carbocycles. The van der Waals surface area contributed by atoms with E-state index in [1.807, 2.05) is 18.8 Å². The molecule has 104 valence electrons. The van der Waals surface area contributed by atoms with Crippen molar-refractivity contribution in [2.75, 3.05) is 7.05 Å². The summed E-state index contributed by atoms with van der Waals surface area (Å²) < 4.78 is 3.04. The zero-order valence-corrected chi connectivity index (χ0v) is 14.4. The number of aromatic nitrogens is 2. The van der Waals surface area contributed by atoms with Crippen molar-refractivity contribution in [1.82, 2.24) is 15.1 Å². The van der Waals surface area contributed by atoms with Gasteiger partial charge in [0.05, 0.1) is 16.4 Å². The first-order valence-electron chi connectivity index (χ1n) is 6.18. The van der Waals surface area contributed by atoms with Crippen LogP contribution in [0.25, 0.3) is 0 Å². The molecule has 0 saturated carbocycles. The fourth-order valence-corrected chi connectivity index (χ4v) is 4.25. The van der Waals surface area contributed by atoms with Crippen LogP contribution in [0.2, 0.25) is 5.02 Å². The summed E-state index contributed by atoms with van der Waals surface area (Å²) in [6, 6.07) is 2.32. The minimum absolute atomic E-state index is 0.243. The lowest BCUT2D eigenvalue weighted by Gasteiger charge is -2.15. The molecular formula is C13H17BrClN3S. The number of hydrogen-bond donors (Lipinski definition) is 1. The first kappa shape index (κ1) is 15.0. The Hall–Kier alpha value is -0.360. The zero-order chi connectivity index (χ0) is 14.0. The highest BCUT2D eigenvalue weighted by Crippen LogP contribution is 2.33. The quantitative estimate of drug-likeness (QED) is 0.872. The smallest absolute Gasteiger partial charge is 0.0850 e. The highest BCUT2D eigenvalue weighted by atomic mass is 79.9. The van der Waals surface area contributed by atoms with E-state index < -0.39 is 0 Å². The summed E-state index contributed by atoms with van der Waals surface area (Å²) in [5, 5.41) is 10.7. The van der Waals surface area contributed by atoms with E-state index in [1.165, 1.54) is 4.88 Å². The van der Waals surface area contributed by atoms with Crippen LogP contribution in [0.4, 0.5) is 0 Å². The standard InChI is InChI=1S/C13H17BrClN3S/c1-4-9-12(15)11(18(3)17-9)7-10(16-2)13-8(14)5-6-19-13/h5-6,10,16H,4,7H2,1-3H3. The lowest BCUT2D eigenvalue weighted by atomic mass is 10.1. The Kier molecular flexibility index (Phi) is 5.06. The molecule has 0 bridgehead atoms. The van der Waals surface area contributed by atoms with E-state index >= 15 is 0 Å². The molecule has 3 nitrogen and oxygen atoms in total. The highest BCUT2D eigenvalue weighted by Gasteiger charge is 2.20. The lowest BCUT2D eigenvalue weighted by Crippen LogP contribution is -2.19. The van der Waals surface area contributed by atoms with E-state index in [1.54, 1.807) is 11.3 Å². The Morgan fingerprint density at radius 1 is 1.58 bits per heavy atom. The minimum atomic E-state index is 0.243. The number of aryl methyl sites for hydroxylation is 2. The van der Waals surface area contributed by atoms with Gasteiger partial charge in [-0.2, -0.15) is 5.10 Å². The van der Waals surface area contributed by atoms with Crippen LogP contribution in [0, 0.1) is 0 Å². The van der Waals surface area contributed by atoms with Crippen LogP contribution in [-0.4, -0.2) is 16.8 Å². The second-order valence-corrected chi connectivity index (χ2v) is 6.54. The van der Waals surface area contributed by atoms with Crippen molar-refractivity contribution in [3.05, 3.63) is 37.2 Å². The summed E-state index contributed by atoms with van der Waals surface area (Å²) in [7, 11) is 3.93. The average Bonchev–Trinajstić information content (AvgIpc) is 2.93. The lowest BCUT2D eigenvalue weighted by molar-refractivity contribution is 0.567. The predicted molar refractivity (Wildman–Crippen MR) is 85.1 cm³/mol. The summed E-state index contributed by atoms with van der Waals surface area (Å²) in [6.45, 7) is 2.07. The second kappa shape index (κ2) is 6.39. The molecule has 0 spiro atoms. The van der Waals surface area contributed by atoms with E-state index in [4.69, 9.17) is 11.6 Å². The third-order valence-corrected chi connectivity index (χ3v) is 5.63. The number of hydrogen-bond acceptors (Lipinski definition) is 3. The molecule has 2 aromatic rings. The van der Waals surface area contributed by atoms with Gasteiger partial charge in [-0.3, -0.25) is 4.68 Å². The van der Waals surface area contributed by atoms with Gasteiger partial charge in [-0.15, -0.1) is 11.3 Å². The molecule has 2 aromatic heterocycles. The molecule has 6 heteroatoms. The first-order valence-corrected chi connectivity index (χ1v) is 8.23. The molecule has 0 fully saturated rings. The van der Waals surface area contributed by atoms with Gasteiger partial charge in [-0.25, -0.2) is 0 Å².